The zero-order valence-corrected chi connectivity index (χ0v) is 11.8. The van der Waals surface area contributed by atoms with Gasteiger partial charge in [-0.05, 0) is 19.1 Å². The molecule has 108 valence electrons. The van der Waals surface area contributed by atoms with E-state index >= 15 is 0 Å². The highest BCUT2D eigenvalue weighted by atomic mass is 16.2. The minimum Gasteiger partial charge on any atom is -0.325 e. The number of anilines is 1. The number of piperazine rings is 1. The van der Waals surface area contributed by atoms with E-state index in [4.69, 9.17) is 0 Å². The van der Waals surface area contributed by atoms with Crippen molar-refractivity contribution in [1.82, 2.24) is 9.80 Å². The number of aldehydes is 1. The summed E-state index contributed by atoms with van der Waals surface area (Å²) in [7, 11) is 0. The van der Waals surface area contributed by atoms with Gasteiger partial charge in [-0.15, -0.1) is 0 Å². The first-order valence-electron chi connectivity index (χ1n) is 6.92. The van der Waals surface area contributed by atoms with Crippen LogP contribution in [-0.4, -0.2) is 61.3 Å². The lowest BCUT2D eigenvalue weighted by molar-refractivity contribution is -0.118. The van der Waals surface area contributed by atoms with Crippen LogP contribution in [0.2, 0.25) is 0 Å². The molecule has 1 aliphatic rings. The fourth-order valence-corrected chi connectivity index (χ4v) is 2.28. The smallest absolute Gasteiger partial charge is 0.238 e. The van der Waals surface area contributed by atoms with Gasteiger partial charge in [-0.2, -0.15) is 0 Å². The minimum absolute atomic E-state index is 0.0118. The molecule has 0 atom stereocenters. The van der Waals surface area contributed by atoms with Crippen molar-refractivity contribution in [3.8, 4) is 0 Å². The second kappa shape index (κ2) is 7.17. The summed E-state index contributed by atoms with van der Waals surface area (Å²) in [5, 5.41) is 2.90. The summed E-state index contributed by atoms with van der Waals surface area (Å²) < 4.78 is 0. The molecule has 0 saturated carbocycles. The predicted octanol–water partition coefficient (Wildman–Crippen LogP) is 0.750. The number of hydrogen-bond donors (Lipinski definition) is 1. The maximum atomic E-state index is 12.0. The normalized spacial score (nSPS) is 16.9. The molecular weight excluding hydrogens is 254 g/mol. The maximum Gasteiger partial charge on any atom is 0.238 e. The quantitative estimate of drug-likeness (QED) is 0.806. The number of carbonyl (C=O) groups is 2. The van der Waals surface area contributed by atoms with Crippen LogP contribution in [0, 0.1) is 6.92 Å². The Morgan fingerprint density at radius 2 is 1.75 bits per heavy atom. The molecule has 2 rings (SSSR count). The highest BCUT2D eigenvalue weighted by Crippen LogP contribution is 2.09. The lowest BCUT2D eigenvalue weighted by Gasteiger charge is -2.33. The standard InChI is InChI=1S/C15H21N3O2/c1-13-2-4-14(5-3-13)16-15(20)12-18-8-6-17(7-9-18)10-11-19/h2-5,11H,6-10,12H2,1H3,(H,16,20). The largest absolute Gasteiger partial charge is 0.325 e. The van der Waals surface area contributed by atoms with E-state index in [1.165, 1.54) is 5.56 Å². The number of nitrogens with zero attached hydrogens (tertiary/aromatic N) is 2. The van der Waals surface area contributed by atoms with Crippen LogP contribution < -0.4 is 5.32 Å². The van der Waals surface area contributed by atoms with Gasteiger partial charge in [0.2, 0.25) is 5.91 Å². The van der Waals surface area contributed by atoms with Crippen LogP contribution in [0.4, 0.5) is 5.69 Å². The van der Waals surface area contributed by atoms with Crippen molar-refractivity contribution >= 4 is 17.9 Å². The number of benzene rings is 1. The second-order valence-corrected chi connectivity index (χ2v) is 5.16. The summed E-state index contributed by atoms with van der Waals surface area (Å²) >= 11 is 0. The highest BCUT2D eigenvalue weighted by molar-refractivity contribution is 5.92. The Kier molecular flexibility index (Phi) is 5.26. The Morgan fingerprint density at radius 1 is 1.15 bits per heavy atom. The first-order chi connectivity index (χ1) is 9.67. The number of hydrogen-bond acceptors (Lipinski definition) is 4. The van der Waals surface area contributed by atoms with E-state index in [1.807, 2.05) is 31.2 Å². The van der Waals surface area contributed by atoms with E-state index in [1.54, 1.807) is 0 Å². The maximum absolute atomic E-state index is 12.0. The predicted molar refractivity (Wildman–Crippen MR) is 78.8 cm³/mol. The lowest BCUT2D eigenvalue weighted by Crippen LogP contribution is -2.48. The molecule has 0 aliphatic carbocycles. The van der Waals surface area contributed by atoms with Crippen molar-refractivity contribution in [2.24, 2.45) is 0 Å². The van der Waals surface area contributed by atoms with Crippen molar-refractivity contribution in [3.63, 3.8) is 0 Å². The van der Waals surface area contributed by atoms with Gasteiger partial charge in [-0.1, -0.05) is 17.7 Å². The Morgan fingerprint density at radius 3 is 2.35 bits per heavy atom. The molecule has 1 amide bonds. The summed E-state index contributed by atoms with van der Waals surface area (Å²) in [6.07, 6.45) is 0.930. The third-order valence-electron chi connectivity index (χ3n) is 3.50. The van der Waals surface area contributed by atoms with Crippen molar-refractivity contribution < 1.29 is 9.59 Å². The summed E-state index contributed by atoms with van der Waals surface area (Å²) in [5.41, 5.74) is 2.01. The highest BCUT2D eigenvalue weighted by Gasteiger charge is 2.18. The number of carbonyl (C=O) groups excluding carboxylic acids is 2. The van der Waals surface area contributed by atoms with E-state index in [-0.39, 0.29) is 5.91 Å². The van der Waals surface area contributed by atoms with Crippen molar-refractivity contribution in [2.75, 3.05) is 44.6 Å². The molecule has 1 saturated heterocycles. The molecule has 1 aromatic rings. The summed E-state index contributed by atoms with van der Waals surface area (Å²) in [5.74, 6) is 0.0118. The van der Waals surface area contributed by atoms with Crippen molar-refractivity contribution in [3.05, 3.63) is 29.8 Å². The first kappa shape index (κ1) is 14.7. The fourth-order valence-electron chi connectivity index (χ4n) is 2.28. The Bertz CT molecular complexity index is 451. The molecule has 1 N–H and O–H groups in total. The number of aryl methyl sites for hydroxylation is 1. The van der Waals surface area contributed by atoms with Crippen LogP contribution >= 0.6 is 0 Å². The molecule has 0 bridgehead atoms. The van der Waals surface area contributed by atoms with Gasteiger partial charge in [0.1, 0.15) is 6.29 Å². The molecule has 1 heterocycles. The van der Waals surface area contributed by atoms with Crippen LogP contribution in [0.25, 0.3) is 0 Å². The van der Waals surface area contributed by atoms with Gasteiger partial charge in [-0.3, -0.25) is 14.6 Å². The van der Waals surface area contributed by atoms with Gasteiger partial charge < -0.3 is 10.1 Å². The van der Waals surface area contributed by atoms with Crippen LogP contribution in [0.3, 0.4) is 0 Å². The van der Waals surface area contributed by atoms with Gasteiger partial charge in [0.05, 0.1) is 13.1 Å². The van der Waals surface area contributed by atoms with Crippen LogP contribution in [0.1, 0.15) is 5.56 Å². The number of nitrogens with one attached hydrogen (secondary N) is 1. The summed E-state index contributed by atoms with van der Waals surface area (Å²) in [6, 6.07) is 7.78. The van der Waals surface area contributed by atoms with E-state index in [2.05, 4.69) is 15.1 Å². The third kappa shape index (κ3) is 4.43. The van der Waals surface area contributed by atoms with Crippen molar-refractivity contribution in [1.29, 1.82) is 0 Å². The van der Waals surface area contributed by atoms with E-state index < -0.39 is 0 Å². The third-order valence-corrected chi connectivity index (χ3v) is 3.50. The monoisotopic (exact) mass is 275 g/mol. The second-order valence-electron chi connectivity index (χ2n) is 5.16. The number of amides is 1. The van der Waals surface area contributed by atoms with Gasteiger partial charge in [0.25, 0.3) is 0 Å². The average Bonchev–Trinajstić information content (AvgIpc) is 2.44. The topological polar surface area (TPSA) is 52.7 Å². The zero-order chi connectivity index (χ0) is 14.4. The van der Waals surface area contributed by atoms with Gasteiger partial charge >= 0.3 is 0 Å². The van der Waals surface area contributed by atoms with E-state index in [0.717, 1.165) is 38.2 Å². The molecule has 0 radical (unpaired) electrons. The molecule has 20 heavy (non-hydrogen) atoms. The Hall–Kier alpha value is -1.72. The van der Waals surface area contributed by atoms with Crippen molar-refractivity contribution in [2.45, 2.75) is 6.92 Å². The molecule has 0 aromatic heterocycles. The molecule has 1 aliphatic heterocycles. The minimum atomic E-state index is 0.0118. The average molecular weight is 275 g/mol. The van der Waals surface area contributed by atoms with Crippen LogP contribution in [-0.2, 0) is 9.59 Å². The van der Waals surface area contributed by atoms with E-state index in [0.29, 0.717) is 13.1 Å². The SMILES string of the molecule is Cc1ccc(NC(=O)CN2CCN(CC=O)CC2)cc1. The Balaban J connectivity index is 1.75. The summed E-state index contributed by atoms with van der Waals surface area (Å²) in [6.45, 7) is 6.26. The summed E-state index contributed by atoms with van der Waals surface area (Å²) in [4.78, 5) is 26.6. The molecule has 1 fully saturated rings. The van der Waals surface area contributed by atoms with Gasteiger partial charge in [-0.25, -0.2) is 0 Å². The van der Waals surface area contributed by atoms with E-state index in [9.17, 15) is 9.59 Å². The lowest BCUT2D eigenvalue weighted by atomic mass is 10.2. The zero-order valence-electron chi connectivity index (χ0n) is 11.8. The van der Waals surface area contributed by atoms with Crippen LogP contribution in [0.15, 0.2) is 24.3 Å². The molecular formula is C15H21N3O2. The molecule has 0 unspecified atom stereocenters. The first-order valence-corrected chi connectivity index (χ1v) is 6.92. The van der Waals surface area contributed by atoms with Crippen LogP contribution in [0.5, 0.6) is 0 Å². The van der Waals surface area contributed by atoms with Gasteiger partial charge in [0, 0.05) is 31.9 Å². The molecule has 5 nitrogen and oxygen atoms in total. The van der Waals surface area contributed by atoms with Gasteiger partial charge in [0.15, 0.2) is 0 Å². The molecule has 0 spiro atoms. The number of rotatable bonds is 5. The molecule has 5 heteroatoms. The molecule has 1 aromatic carbocycles. The Labute approximate surface area is 119 Å². The fraction of sp³-hybridized carbons (Fsp3) is 0.467.